The number of piperazine rings is 1. The largest absolute Gasteiger partial charge is 0.478 e. The summed E-state index contributed by atoms with van der Waals surface area (Å²) in [6.07, 6.45) is 0. The fourth-order valence-electron chi connectivity index (χ4n) is 3.21. The van der Waals surface area contributed by atoms with Crippen LogP contribution in [-0.4, -0.2) is 60.1 Å². The zero-order chi connectivity index (χ0) is 20.3. The molecule has 3 rings (SSSR count). The van der Waals surface area contributed by atoms with Crippen molar-refractivity contribution >= 4 is 17.7 Å². The lowest BCUT2D eigenvalue weighted by Crippen LogP contribution is -2.52. The van der Waals surface area contributed by atoms with Crippen LogP contribution in [0, 0.1) is 12.7 Å². The molecule has 1 heterocycles. The Hall–Kier alpha value is -2.93. The van der Waals surface area contributed by atoms with Gasteiger partial charge in [-0.1, -0.05) is 18.2 Å². The quantitative estimate of drug-likeness (QED) is 0.878. The highest BCUT2D eigenvalue weighted by Gasteiger charge is 2.26. The number of halogens is 1. The molecule has 0 bridgehead atoms. The van der Waals surface area contributed by atoms with Gasteiger partial charge < -0.3 is 14.9 Å². The van der Waals surface area contributed by atoms with Crippen molar-refractivity contribution in [2.45, 2.75) is 13.5 Å². The molecule has 0 unspecified atom stereocenters. The van der Waals surface area contributed by atoms with E-state index in [9.17, 15) is 14.0 Å². The number of carbonyl (C=O) groups is 2. The maximum absolute atomic E-state index is 14.5. The van der Waals surface area contributed by atoms with Gasteiger partial charge in [0.15, 0.2) is 0 Å². The average Bonchev–Trinajstić information content (AvgIpc) is 2.67. The summed E-state index contributed by atoms with van der Waals surface area (Å²) in [6, 6.07) is 11.1. The first-order valence-electron chi connectivity index (χ1n) is 9.18. The van der Waals surface area contributed by atoms with E-state index in [4.69, 9.17) is 5.11 Å². The molecule has 0 aromatic heterocycles. The molecule has 7 heteroatoms. The number of aryl methyl sites for hydroxylation is 1. The van der Waals surface area contributed by atoms with E-state index in [1.807, 2.05) is 38.2 Å². The van der Waals surface area contributed by atoms with Gasteiger partial charge in [-0.05, 0) is 43.8 Å². The van der Waals surface area contributed by atoms with Gasteiger partial charge in [0.1, 0.15) is 5.82 Å². The second-order valence-electron chi connectivity index (χ2n) is 7.11. The van der Waals surface area contributed by atoms with E-state index in [-0.39, 0.29) is 23.7 Å². The molecule has 0 aliphatic carbocycles. The Morgan fingerprint density at radius 2 is 1.82 bits per heavy atom. The average molecular weight is 385 g/mol. The summed E-state index contributed by atoms with van der Waals surface area (Å²) >= 11 is 0. The van der Waals surface area contributed by atoms with Crippen LogP contribution in [-0.2, 0) is 6.54 Å². The summed E-state index contributed by atoms with van der Waals surface area (Å²) in [5.74, 6) is -1.82. The highest BCUT2D eigenvalue weighted by Crippen LogP contribution is 2.23. The Labute approximate surface area is 163 Å². The zero-order valence-electron chi connectivity index (χ0n) is 16.1. The molecule has 1 saturated heterocycles. The maximum Gasteiger partial charge on any atom is 0.335 e. The number of carboxylic acid groups (broad SMARTS) is 1. The van der Waals surface area contributed by atoms with Crippen molar-refractivity contribution in [2.24, 2.45) is 0 Å². The van der Waals surface area contributed by atoms with Crippen LogP contribution in [0.1, 0.15) is 21.5 Å². The number of hydrogen-bond acceptors (Lipinski definition) is 3. The number of urea groups is 1. The Kier molecular flexibility index (Phi) is 5.94. The normalized spacial score (nSPS) is 14.8. The Morgan fingerprint density at radius 1 is 1.11 bits per heavy atom. The molecular weight excluding hydrogens is 361 g/mol. The number of carbonyl (C=O) groups excluding carboxylic acids is 1. The molecule has 0 spiro atoms. The van der Waals surface area contributed by atoms with Gasteiger partial charge in [-0.3, -0.25) is 4.90 Å². The van der Waals surface area contributed by atoms with E-state index in [0.717, 1.165) is 24.7 Å². The van der Waals surface area contributed by atoms with Crippen molar-refractivity contribution in [1.29, 1.82) is 0 Å². The summed E-state index contributed by atoms with van der Waals surface area (Å²) in [4.78, 5) is 29.7. The van der Waals surface area contributed by atoms with Gasteiger partial charge in [0.2, 0.25) is 0 Å². The standard InChI is InChI=1S/C21H24FN3O3/c1-15-4-3-5-18(12-15)25(21(28)24-10-8-23(2)9-11-24)14-17-7-6-16(20(26)27)13-19(17)22/h3-7,12-13H,8-11,14H2,1-2H3,(H,26,27). The molecular formula is C21H24FN3O3. The Morgan fingerprint density at radius 3 is 2.43 bits per heavy atom. The van der Waals surface area contributed by atoms with E-state index in [2.05, 4.69) is 4.90 Å². The predicted molar refractivity (Wildman–Crippen MR) is 105 cm³/mol. The van der Waals surface area contributed by atoms with Crippen molar-refractivity contribution in [1.82, 2.24) is 9.80 Å². The summed E-state index contributed by atoms with van der Waals surface area (Å²) in [7, 11) is 2.01. The summed E-state index contributed by atoms with van der Waals surface area (Å²) in [5, 5.41) is 9.03. The van der Waals surface area contributed by atoms with Gasteiger partial charge in [0.05, 0.1) is 12.1 Å². The minimum absolute atomic E-state index is 0.0281. The third kappa shape index (κ3) is 4.48. The Bertz CT molecular complexity index is 879. The summed E-state index contributed by atoms with van der Waals surface area (Å²) in [5.41, 5.74) is 1.84. The first-order valence-corrected chi connectivity index (χ1v) is 9.18. The van der Waals surface area contributed by atoms with Crippen LogP contribution >= 0.6 is 0 Å². The van der Waals surface area contributed by atoms with Crippen molar-refractivity contribution in [2.75, 3.05) is 38.1 Å². The van der Waals surface area contributed by atoms with Gasteiger partial charge in [-0.2, -0.15) is 0 Å². The monoisotopic (exact) mass is 385 g/mol. The van der Waals surface area contributed by atoms with Crippen molar-refractivity contribution in [3.05, 3.63) is 65.0 Å². The number of benzene rings is 2. The van der Waals surface area contributed by atoms with E-state index < -0.39 is 11.8 Å². The third-order valence-electron chi connectivity index (χ3n) is 4.95. The molecule has 148 valence electrons. The first-order chi connectivity index (χ1) is 13.3. The summed E-state index contributed by atoms with van der Waals surface area (Å²) < 4.78 is 14.5. The topological polar surface area (TPSA) is 64.1 Å². The molecule has 2 aromatic carbocycles. The Balaban J connectivity index is 1.90. The number of rotatable bonds is 4. The van der Waals surface area contributed by atoms with Gasteiger partial charge >= 0.3 is 12.0 Å². The van der Waals surface area contributed by atoms with Gasteiger partial charge in [-0.15, -0.1) is 0 Å². The predicted octanol–water partition coefficient (Wildman–Crippen LogP) is 3.21. The van der Waals surface area contributed by atoms with Crippen LogP contribution in [0.3, 0.4) is 0 Å². The number of hydrogen-bond donors (Lipinski definition) is 1. The molecule has 0 radical (unpaired) electrons. The van der Waals surface area contributed by atoms with Crippen LogP contribution in [0.15, 0.2) is 42.5 Å². The number of carboxylic acids is 1. The molecule has 28 heavy (non-hydrogen) atoms. The lowest BCUT2D eigenvalue weighted by Gasteiger charge is -2.36. The van der Waals surface area contributed by atoms with Crippen molar-refractivity contribution in [3.8, 4) is 0 Å². The lowest BCUT2D eigenvalue weighted by molar-refractivity contribution is 0.0696. The SMILES string of the molecule is Cc1cccc(N(Cc2ccc(C(=O)O)cc2F)C(=O)N2CCN(C)CC2)c1. The third-order valence-corrected chi connectivity index (χ3v) is 4.95. The van der Waals surface area contributed by atoms with Gasteiger partial charge in [0, 0.05) is 37.4 Å². The minimum atomic E-state index is -1.19. The lowest BCUT2D eigenvalue weighted by atomic mass is 10.1. The fraction of sp³-hybridized carbons (Fsp3) is 0.333. The molecule has 2 aromatic rings. The number of amides is 2. The molecule has 0 atom stereocenters. The summed E-state index contributed by atoms with van der Waals surface area (Å²) in [6.45, 7) is 4.75. The molecule has 1 aliphatic heterocycles. The minimum Gasteiger partial charge on any atom is -0.478 e. The van der Waals surface area contributed by atoms with Gasteiger partial charge in [0.25, 0.3) is 0 Å². The number of anilines is 1. The number of aromatic carboxylic acids is 1. The first kappa shape index (κ1) is 19.8. The number of nitrogens with zero attached hydrogens (tertiary/aromatic N) is 3. The van der Waals surface area contributed by atoms with Crippen LogP contribution in [0.4, 0.5) is 14.9 Å². The molecule has 2 amide bonds. The van der Waals surface area contributed by atoms with E-state index in [0.29, 0.717) is 18.8 Å². The second-order valence-corrected chi connectivity index (χ2v) is 7.11. The molecule has 1 N–H and O–H groups in total. The maximum atomic E-state index is 14.5. The fourth-order valence-corrected chi connectivity index (χ4v) is 3.21. The molecule has 1 aliphatic rings. The van der Waals surface area contributed by atoms with E-state index in [1.54, 1.807) is 9.80 Å². The highest BCUT2D eigenvalue weighted by atomic mass is 19.1. The van der Waals surface area contributed by atoms with Crippen LogP contribution in [0.25, 0.3) is 0 Å². The number of likely N-dealkylation sites (N-methyl/N-ethyl adjacent to an activating group) is 1. The molecule has 0 saturated carbocycles. The zero-order valence-corrected chi connectivity index (χ0v) is 16.1. The van der Waals surface area contributed by atoms with Crippen LogP contribution in [0.2, 0.25) is 0 Å². The van der Waals surface area contributed by atoms with Crippen molar-refractivity contribution < 1.29 is 19.1 Å². The smallest absolute Gasteiger partial charge is 0.335 e. The molecule has 1 fully saturated rings. The van der Waals surface area contributed by atoms with Crippen molar-refractivity contribution in [3.63, 3.8) is 0 Å². The van der Waals surface area contributed by atoms with Crippen LogP contribution in [0.5, 0.6) is 0 Å². The highest BCUT2D eigenvalue weighted by molar-refractivity contribution is 5.92. The van der Waals surface area contributed by atoms with E-state index in [1.165, 1.54) is 12.1 Å². The van der Waals surface area contributed by atoms with E-state index >= 15 is 0 Å². The molecule has 6 nitrogen and oxygen atoms in total. The van der Waals surface area contributed by atoms with Gasteiger partial charge in [-0.25, -0.2) is 14.0 Å². The second kappa shape index (κ2) is 8.39. The van der Waals surface area contributed by atoms with Crippen LogP contribution < -0.4 is 4.90 Å².